The van der Waals surface area contributed by atoms with Gasteiger partial charge in [0.25, 0.3) is 0 Å². The second kappa shape index (κ2) is 8.84. The summed E-state index contributed by atoms with van der Waals surface area (Å²) in [5, 5.41) is 9.24. The van der Waals surface area contributed by atoms with Crippen molar-refractivity contribution in [2.45, 2.75) is 39.2 Å². The van der Waals surface area contributed by atoms with Gasteiger partial charge in [-0.2, -0.15) is 0 Å². The maximum atomic E-state index is 9.24. The predicted octanol–water partition coefficient (Wildman–Crippen LogP) is 4.04. The molecule has 134 valence electrons. The highest BCUT2D eigenvalue weighted by atomic mass is 16.5. The van der Waals surface area contributed by atoms with Gasteiger partial charge in [0.15, 0.2) is 0 Å². The van der Waals surface area contributed by atoms with Crippen molar-refractivity contribution in [3.8, 4) is 5.75 Å². The molecular weight excluding hydrogens is 310 g/mol. The Hall–Kier alpha value is -2.10. The van der Waals surface area contributed by atoms with E-state index in [9.17, 15) is 5.11 Å². The van der Waals surface area contributed by atoms with E-state index in [1.165, 1.54) is 16.7 Å². The fraction of sp³-hybridized carbons (Fsp3) is 0.364. The molecular formula is C22H29NO2. The second-order valence-corrected chi connectivity index (χ2v) is 7.04. The minimum atomic E-state index is -0.524. The molecule has 0 aliphatic rings. The topological polar surface area (TPSA) is 55.5 Å². The highest BCUT2D eigenvalue weighted by molar-refractivity contribution is 5.50. The van der Waals surface area contributed by atoms with Crippen molar-refractivity contribution in [1.82, 2.24) is 0 Å². The maximum absolute atomic E-state index is 9.24. The van der Waals surface area contributed by atoms with Crippen molar-refractivity contribution in [2.24, 2.45) is 5.73 Å². The van der Waals surface area contributed by atoms with Crippen LogP contribution in [-0.2, 0) is 6.42 Å². The first-order chi connectivity index (χ1) is 11.9. The lowest BCUT2D eigenvalue weighted by molar-refractivity contribution is 0.200. The lowest BCUT2D eigenvalue weighted by atomic mass is 9.94. The van der Waals surface area contributed by atoms with Crippen LogP contribution in [0, 0.1) is 13.8 Å². The summed E-state index contributed by atoms with van der Waals surface area (Å²) < 4.78 is 5.86. The summed E-state index contributed by atoms with van der Waals surface area (Å²) >= 11 is 0. The third-order valence-corrected chi connectivity index (χ3v) is 4.27. The monoisotopic (exact) mass is 339 g/mol. The van der Waals surface area contributed by atoms with E-state index in [0.29, 0.717) is 6.61 Å². The molecule has 0 saturated heterocycles. The van der Waals surface area contributed by atoms with Gasteiger partial charge in [0.2, 0.25) is 0 Å². The van der Waals surface area contributed by atoms with Crippen LogP contribution >= 0.6 is 0 Å². The average molecular weight is 339 g/mol. The number of aliphatic hydroxyl groups excluding tert-OH is 1. The molecule has 0 aliphatic carbocycles. The molecule has 0 radical (unpaired) electrons. The number of hydrogen-bond donors (Lipinski definition) is 2. The Morgan fingerprint density at radius 2 is 1.96 bits per heavy atom. The van der Waals surface area contributed by atoms with Gasteiger partial charge < -0.3 is 15.6 Å². The van der Waals surface area contributed by atoms with E-state index in [1.807, 2.05) is 19.1 Å². The molecule has 1 unspecified atom stereocenters. The Morgan fingerprint density at radius 3 is 2.64 bits per heavy atom. The van der Waals surface area contributed by atoms with E-state index in [2.05, 4.69) is 56.3 Å². The molecule has 3 N–H and O–H groups in total. The molecule has 0 spiro atoms. The summed E-state index contributed by atoms with van der Waals surface area (Å²) in [7, 11) is 0. The first-order valence-electron chi connectivity index (χ1n) is 8.75. The van der Waals surface area contributed by atoms with Crippen LogP contribution in [0.2, 0.25) is 0 Å². The SMILES string of the molecule is Cc1cccc(/C=C/COc2ccc(CCC(C)(N)CO)cc2C)c1. The van der Waals surface area contributed by atoms with Gasteiger partial charge in [-0.15, -0.1) is 0 Å². The first kappa shape index (κ1) is 19.2. The zero-order chi connectivity index (χ0) is 18.3. The lowest BCUT2D eigenvalue weighted by Crippen LogP contribution is -2.40. The summed E-state index contributed by atoms with van der Waals surface area (Å²) in [5.74, 6) is 0.898. The number of ether oxygens (including phenoxy) is 1. The minimum absolute atomic E-state index is 0.000447. The van der Waals surface area contributed by atoms with Crippen LogP contribution in [0.5, 0.6) is 5.75 Å². The van der Waals surface area contributed by atoms with Crippen LogP contribution in [0.3, 0.4) is 0 Å². The van der Waals surface area contributed by atoms with E-state index < -0.39 is 5.54 Å². The molecule has 3 nitrogen and oxygen atoms in total. The van der Waals surface area contributed by atoms with Crippen molar-refractivity contribution in [2.75, 3.05) is 13.2 Å². The second-order valence-electron chi connectivity index (χ2n) is 7.04. The van der Waals surface area contributed by atoms with Crippen LogP contribution in [0.15, 0.2) is 48.5 Å². The number of rotatable bonds is 8. The molecule has 0 bridgehead atoms. The number of nitrogens with two attached hydrogens (primary N) is 1. The van der Waals surface area contributed by atoms with Crippen LogP contribution in [0.25, 0.3) is 6.08 Å². The predicted molar refractivity (Wildman–Crippen MR) is 105 cm³/mol. The minimum Gasteiger partial charge on any atom is -0.489 e. The smallest absolute Gasteiger partial charge is 0.122 e. The van der Waals surface area contributed by atoms with Crippen LogP contribution in [-0.4, -0.2) is 23.9 Å². The van der Waals surface area contributed by atoms with Gasteiger partial charge in [-0.25, -0.2) is 0 Å². The van der Waals surface area contributed by atoms with Crippen LogP contribution in [0.4, 0.5) is 0 Å². The van der Waals surface area contributed by atoms with Gasteiger partial charge >= 0.3 is 0 Å². The highest BCUT2D eigenvalue weighted by Crippen LogP contribution is 2.21. The fourth-order valence-electron chi connectivity index (χ4n) is 2.63. The largest absolute Gasteiger partial charge is 0.489 e. The molecule has 25 heavy (non-hydrogen) atoms. The highest BCUT2D eigenvalue weighted by Gasteiger charge is 2.16. The summed E-state index contributed by atoms with van der Waals surface area (Å²) in [5.41, 5.74) is 10.2. The third-order valence-electron chi connectivity index (χ3n) is 4.27. The van der Waals surface area contributed by atoms with Gasteiger partial charge in [0, 0.05) is 5.54 Å². The molecule has 0 aromatic heterocycles. The van der Waals surface area contributed by atoms with E-state index in [1.54, 1.807) is 0 Å². The average Bonchev–Trinajstić information content (AvgIpc) is 2.58. The molecule has 0 saturated carbocycles. The summed E-state index contributed by atoms with van der Waals surface area (Å²) in [4.78, 5) is 0. The summed E-state index contributed by atoms with van der Waals surface area (Å²) in [6, 6.07) is 14.6. The molecule has 2 aromatic carbocycles. The Bertz CT molecular complexity index is 720. The molecule has 2 rings (SSSR count). The van der Waals surface area contributed by atoms with Crippen molar-refractivity contribution in [3.05, 3.63) is 70.8 Å². The van der Waals surface area contributed by atoms with Crippen LogP contribution in [0.1, 0.15) is 35.6 Å². The fourth-order valence-corrected chi connectivity index (χ4v) is 2.63. The molecule has 2 aromatic rings. The Kier molecular flexibility index (Phi) is 6.80. The maximum Gasteiger partial charge on any atom is 0.122 e. The van der Waals surface area contributed by atoms with Gasteiger partial charge in [0.1, 0.15) is 12.4 Å². The molecule has 3 heteroatoms. The van der Waals surface area contributed by atoms with Gasteiger partial charge in [0.05, 0.1) is 6.61 Å². The number of benzene rings is 2. The quantitative estimate of drug-likeness (QED) is 0.763. The summed E-state index contributed by atoms with van der Waals surface area (Å²) in [6.07, 6.45) is 5.71. The molecule has 0 aliphatic heterocycles. The normalized spacial score (nSPS) is 13.8. The van der Waals surface area contributed by atoms with Crippen molar-refractivity contribution < 1.29 is 9.84 Å². The van der Waals surface area contributed by atoms with E-state index >= 15 is 0 Å². The van der Waals surface area contributed by atoms with Crippen molar-refractivity contribution in [3.63, 3.8) is 0 Å². The van der Waals surface area contributed by atoms with Gasteiger partial charge in [-0.3, -0.25) is 0 Å². The standard InChI is InChI=1S/C22H29NO2/c1-17-6-4-7-19(14-17)8-5-13-25-21-10-9-20(15-18(21)2)11-12-22(3,23)16-24/h4-10,14-15,24H,11-13,16,23H2,1-3H3/b8-5+. The van der Waals surface area contributed by atoms with Crippen molar-refractivity contribution in [1.29, 1.82) is 0 Å². The molecule has 0 amide bonds. The Balaban J connectivity index is 1.88. The van der Waals surface area contributed by atoms with E-state index in [-0.39, 0.29) is 6.61 Å². The van der Waals surface area contributed by atoms with Gasteiger partial charge in [-0.05, 0) is 62.4 Å². The third kappa shape index (κ3) is 6.37. The lowest BCUT2D eigenvalue weighted by Gasteiger charge is -2.21. The molecule has 0 fully saturated rings. The Labute approximate surface area is 151 Å². The number of aliphatic hydroxyl groups is 1. The zero-order valence-electron chi connectivity index (χ0n) is 15.5. The van der Waals surface area contributed by atoms with E-state index in [0.717, 1.165) is 24.2 Å². The summed E-state index contributed by atoms with van der Waals surface area (Å²) in [6.45, 7) is 6.56. The molecule has 0 heterocycles. The van der Waals surface area contributed by atoms with Gasteiger partial charge in [-0.1, -0.05) is 48.0 Å². The van der Waals surface area contributed by atoms with Crippen LogP contribution < -0.4 is 10.5 Å². The van der Waals surface area contributed by atoms with E-state index in [4.69, 9.17) is 10.5 Å². The Morgan fingerprint density at radius 1 is 1.16 bits per heavy atom. The number of aryl methyl sites for hydroxylation is 3. The van der Waals surface area contributed by atoms with Crippen molar-refractivity contribution >= 4 is 6.08 Å². The first-order valence-corrected chi connectivity index (χ1v) is 8.75. The number of hydrogen-bond acceptors (Lipinski definition) is 3. The zero-order valence-corrected chi connectivity index (χ0v) is 15.5. The molecule has 1 atom stereocenters.